The third-order valence-electron chi connectivity index (χ3n) is 3.73. The van der Waals surface area contributed by atoms with E-state index in [4.69, 9.17) is 0 Å². The van der Waals surface area contributed by atoms with Crippen molar-refractivity contribution in [2.24, 2.45) is 7.05 Å². The van der Waals surface area contributed by atoms with Crippen molar-refractivity contribution in [1.29, 1.82) is 0 Å². The van der Waals surface area contributed by atoms with Gasteiger partial charge in [0.1, 0.15) is 0 Å². The predicted molar refractivity (Wildman–Crippen MR) is 83.9 cm³/mol. The summed E-state index contributed by atoms with van der Waals surface area (Å²) in [7, 11) is 1.97. The molecule has 1 atom stereocenters. The van der Waals surface area contributed by atoms with Gasteiger partial charge in [0.25, 0.3) is 0 Å². The Morgan fingerprint density at radius 3 is 2.50 bits per heavy atom. The monoisotopic (exact) mass is 271 g/mol. The van der Waals surface area contributed by atoms with Gasteiger partial charge in [0.2, 0.25) is 0 Å². The van der Waals surface area contributed by atoms with Gasteiger partial charge in [0.05, 0.1) is 6.20 Å². The molecule has 20 heavy (non-hydrogen) atoms. The highest BCUT2D eigenvalue weighted by Gasteiger charge is 2.16. The van der Waals surface area contributed by atoms with E-state index in [1.54, 1.807) is 0 Å². The predicted octanol–water partition coefficient (Wildman–Crippen LogP) is 3.32. The van der Waals surface area contributed by atoms with Crippen LogP contribution in [0.4, 0.5) is 0 Å². The topological polar surface area (TPSA) is 29.9 Å². The Bertz CT molecular complexity index is 537. The van der Waals surface area contributed by atoms with Crippen LogP contribution in [-0.4, -0.2) is 16.3 Å². The molecule has 2 aromatic rings. The Morgan fingerprint density at radius 2 is 1.95 bits per heavy atom. The van der Waals surface area contributed by atoms with E-state index in [1.165, 1.54) is 22.3 Å². The van der Waals surface area contributed by atoms with Gasteiger partial charge in [0, 0.05) is 19.3 Å². The zero-order valence-corrected chi connectivity index (χ0v) is 13.0. The van der Waals surface area contributed by atoms with Crippen LogP contribution in [0.15, 0.2) is 30.6 Å². The summed E-state index contributed by atoms with van der Waals surface area (Å²) in [6.07, 6.45) is 6.20. The second-order valence-corrected chi connectivity index (χ2v) is 5.54. The summed E-state index contributed by atoms with van der Waals surface area (Å²) in [6, 6.07) is 6.90. The molecule has 1 aromatic heterocycles. The number of rotatable bonds is 6. The number of nitrogens with zero attached hydrogens (tertiary/aromatic N) is 2. The molecule has 0 aliphatic heterocycles. The van der Waals surface area contributed by atoms with Crippen LogP contribution in [0.3, 0.4) is 0 Å². The van der Waals surface area contributed by atoms with Crippen LogP contribution in [0.5, 0.6) is 0 Å². The Kier molecular flexibility index (Phi) is 4.96. The zero-order valence-electron chi connectivity index (χ0n) is 13.0. The number of benzene rings is 1. The SMILES string of the molecule is CCCNC(Cc1cnn(C)c1)c1c(C)cccc1C. The fourth-order valence-corrected chi connectivity index (χ4v) is 2.78. The maximum atomic E-state index is 4.28. The van der Waals surface area contributed by atoms with Gasteiger partial charge in [0.15, 0.2) is 0 Å². The third kappa shape index (κ3) is 3.48. The lowest BCUT2D eigenvalue weighted by atomic mass is 9.92. The van der Waals surface area contributed by atoms with Gasteiger partial charge >= 0.3 is 0 Å². The van der Waals surface area contributed by atoms with Crippen LogP contribution in [-0.2, 0) is 13.5 Å². The first-order chi connectivity index (χ1) is 9.61. The standard InChI is InChI=1S/C17H25N3/c1-5-9-18-16(10-15-11-19-20(4)12-15)17-13(2)7-6-8-14(17)3/h6-8,11-12,16,18H,5,9-10H2,1-4H3. The van der Waals surface area contributed by atoms with Gasteiger partial charge in [-0.05, 0) is 55.5 Å². The van der Waals surface area contributed by atoms with E-state index < -0.39 is 0 Å². The molecule has 0 saturated heterocycles. The highest BCUT2D eigenvalue weighted by atomic mass is 15.2. The van der Waals surface area contributed by atoms with Crippen molar-refractivity contribution in [3.63, 3.8) is 0 Å². The second-order valence-electron chi connectivity index (χ2n) is 5.54. The van der Waals surface area contributed by atoms with Gasteiger partial charge < -0.3 is 5.32 Å². The molecule has 0 aliphatic carbocycles. The molecule has 0 spiro atoms. The minimum absolute atomic E-state index is 0.361. The highest BCUT2D eigenvalue weighted by molar-refractivity contribution is 5.37. The molecular weight excluding hydrogens is 246 g/mol. The Hall–Kier alpha value is -1.61. The molecule has 1 N–H and O–H groups in total. The average Bonchev–Trinajstić information content (AvgIpc) is 2.81. The van der Waals surface area contributed by atoms with Crippen molar-refractivity contribution >= 4 is 0 Å². The van der Waals surface area contributed by atoms with Gasteiger partial charge in [-0.15, -0.1) is 0 Å². The van der Waals surface area contributed by atoms with Crippen LogP contribution in [0.25, 0.3) is 0 Å². The molecule has 0 bridgehead atoms. The number of aryl methyl sites for hydroxylation is 3. The first-order valence-electron chi connectivity index (χ1n) is 7.38. The second kappa shape index (κ2) is 6.71. The van der Waals surface area contributed by atoms with E-state index in [1.807, 2.05) is 17.9 Å². The molecule has 108 valence electrons. The maximum absolute atomic E-state index is 4.28. The van der Waals surface area contributed by atoms with Crippen molar-refractivity contribution in [3.05, 3.63) is 52.8 Å². The Morgan fingerprint density at radius 1 is 1.25 bits per heavy atom. The lowest BCUT2D eigenvalue weighted by Crippen LogP contribution is -2.25. The Labute approximate surface area is 122 Å². The number of aromatic nitrogens is 2. The van der Waals surface area contributed by atoms with Gasteiger partial charge in [-0.25, -0.2) is 0 Å². The molecule has 3 nitrogen and oxygen atoms in total. The molecule has 1 aromatic carbocycles. The van der Waals surface area contributed by atoms with E-state index >= 15 is 0 Å². The summed E-state index contributed by atoms with van der Waals surface area (Å²) in [6.45, 7) is 7.65. The summed E-state index contributed by atoms with van der Waals surface area (Å²) in [5.74, 6) is 0. The first kappa shape index (κ1) is 14.8. The van der Waals surface area contributed by atoms with Crippen LogP contribution in [0.2, 0.25) is 0 Å². The maximum Gasteiger partial charge on any atom is 0.0522 e. The summed E-state index contributed by atoms with van der Waals surface area (Å²) < 4.78 is 1.87. The van der Waals surface area contributed by atoms with E-state index in [0.29, 0.717) is 6.04 Å². The summed E-state index contributed by atoms with van der Waals surface area (Å²) in [4.78, 5) is 0. The van der Waals surface area contributed by atoms with Crippen molar-refractivity contribution in [1.82, 2.24) is 15.1 Å². The lowest BCUT2D eigenvalue weighted by Gasteiger charge is -2.22. The van der Waals surface area contributed by atoms with Crippen LogP contribution >= 0.6 is 0 Å². The van der Waals surface area contributed by atoms with Crippen LogP contribution in [0.1, 0.15) is 41.6 Å². The first-order valence-corrected chi connectivity index (χ1v) is 7.38. The third-order valence-corrected chi connectivity index (χ3v) is 3.73. The van der Waals surface area contributed by atoms with Crippen LogP contribution in [0, 0.1) is 13.8 Å². The minimum Gasteiger partial charge on any atom is -0.310 e. The normalized spacial score (nSPS) is 12.6. The van der Waals surface area contributed by atoms with Gasteiger partial charge in [-0.1, -0.05) is 25.1 Å². The fourth-order valence-electron chi connectivity index (χ4n) is 2.78. The van der Waals surface area contributed by atoms with E-state index in [-0.39, 0.29) is 0 Å². The minimum atomic E-state index is 0.361. The number of hydrogen-bond acceptors (Lipinski definition) is 2. The Balaban J connectivity index is 2.27. The molecule has 0 radical (unpaired) electrons. The van der Waals surface area contributed by atoms with E-state index in [0.717, 1.165) is 19.4 Å². The molecule has 0 fully saturated rings. The molecule has 0 amide bonds. The largest absolute Gasteiger partial charge is 0.310 e. The molecule has 1 heterocycles. The van der Waals surface area contributed by atoms with Crippen molar-refractivity contribution in [3.8, 4) is 0 Å². The smallest absolute Gasteiger partial charge is 0.0522 e. The lowest BCUT2D eigenvalue weighted by molar-refractivity contribution is 0.525. The quantitative estimate of drug-likeness (QED) is 0.873. The molecule has 0 aliphatic rings. The van der Waals surface area contributed by atoms with Crippen molar-refractivity contribution < 1.29 is 0 Å². The number of nitrogens with one attached hydrogen (secondary N) is 1. The molecular formula is C17H25N3. The zero-order chi connectivity index (χ0) is 14.5. The molecule has 1 unspecified atom stereocenters. The van der Waals surface area contributed by atoms with E-state index in [9.17, 15) is 0 Å². The molecule has 2 rings (SSSR count). The summed E-state index contributed by atoms with van der Waals surface area (Å²) in [5.41, 5.74) is 5.44. The summed E-state index contributed by atoms with van der Waals surface area (Å²) in [5, 5.41) is 7.97. The number of hydrogen-bond donors (Lipinski definition) is 1. The van der Waals surface area contributed by atoms with E-state index in [2.05, 4.69) is 55.6 Å². The van der Waals surface area contributed by atoms with Crippen molar-refractivity contribution in [2.75, 3.05) is 6.54 Å². The fraction of sp³-hybridized carbons (Fsp3) is 0.471. The molecule has 3 heteroatoms. The van der Waals surface area contributed by atoms with Crippen molar-refractivity contribution in [2.45, 2.75) is 39.7 Å². The molecule has 0 saturated carbocycles. The van der Waals surface area contributed by atoms with Gasteiger partial charge in [-0.2, -0.15) is 5.10 Å². The summed E-state index contributed by atoms with van der Waals surface area (Å²) >= 11 is 0. The average molecular weight is 271 g/mol. The van der Waals surface area contributed by atoms with Crippen LogP contribution < -0.4 is 5.32 Å². The highest BCUT2D eigenvalue weighted by Crippen LogP contribution is 2.25. The van der Waals surface area contributed by atoms with Gasteiger partial charge in [-0.3, -0.25) is 4.68 Å².